The highest BCUT2D eigenvalue weighted by Gasteiger charge is 2.45. The van der Waals surface area contributed by atoms with E-state index in [9.17, 15) is 5.11 Å². The third kappa shape index (κ3) is 2.81. The van der Waals surface area contributed by atoms with Crippen LogP contribution in [0.15, 0.2) is 67.4 Å². The van der Waals surface area contributed by atoms with Crippen LogP contribution in [0, 0.1) is 5.41 Å². The Morgan fingerprint density at radius 3 is 2.00 bits per heavy atom. The maximum Gasteiger partial charge on any atom is 0.139 e. The van der Waals surface area contributed by atoms with Crippen LogP contribution in [0.5, 0.6) is 0 Å². The van der Waals surface area contributed by atoms with Crippen molar-refractivity contribution in [3.63, 3.8) is 0 Å². The molecular weight excluding hydrogens is 298 g/mol. The van der Waals surface area contributed by atoms with Crippen molar-refractivity contribution in [1.29, 1.82) is 0 Å². The van der Waals surface area contributed by atoms with Gasteiger partial charge in [0.15, 0.2) is 0 Å². The standard InChI is InChI=1S/C20H21N3O/c1-19(2,3)20(24,17-12-21-14-22-13-17)18-10-9-16(11-23-18)15-7-5-4-6-8-15/h4-14,24H,1-3H3. The summed E-state index contributed by atoms with van der Waals surface area (Å²) in [5, 5.41) is 11.5. The van der Waals surface area contributed by atoms with Crippen molar-refractivity contribution in [3.8, 4) is 11.1 Å². The lowest BCUT2D eigenvalue weighted by atomic mass is 9.70. The van der Waals surface area contributed by atoms with Crippen LogP contribution < -0.4 is 0 Å². The molecule has 0 saturated heterocycles. The first-order valence-corrected chi connectivity index (χ1v) is 7.93. The van der Waals surface area contributed by atoms with E-state index < -0.39 is 11.0 Å². The highest BCUT2D eigenvalue weighted by molar-refractivity contribution is 5.62. The highest BCUT2D eigenvalue weighted by atomic mass is 16.3. The lowest BCUT2D eigenvalue weighted by Crippen LogP contribution is -2.42. The van der Waals surface area contributed by atoms with Gasteiger partial charge in [-0.3, -0.25) is 4.98 Å². The lowest BCUT2D eigenvalue weighted by Gasteiger charge is -2.39. The average Bonchev–Trinajstić information content (AvgIpc) is 2.62. The molecule has 4 heteroatoms. The van der Waals surface area contributed by atoms with E-state index >= 15 is 0 Å². The van der Waals surface area contributed by atoms with Gasteiger partial charge in [0.2, 0.25) is 0 Å². The fraction of sp³-hybridized carbons (Fsp3) is 0.250. The van der Waals surface area contributed by atoms with Crippen molar-refractivity contribution in [2.24, 2.45) is 5.41 Å². The van der Waals surface area contributed by atoms with Gasteiger partial charge in [-0.05, 0) is 11.6 Å². The maximum absolute atomic E-state index is 11.5. The van der Waals surface area contributed by atoms with E-state index in [1.807, 2.05) is 63.2 Å². The van der Waals surface area contributed by atoms with Gasteiger partial charge in [0.05, 0.1) is 5.69 Å². The third-order valence-electron chi connectivity index (χ3n) is 4.31. The monoisotopic (exact) mass is 319 g/mol. The summed E-state index contributed by atoms with van der Waals surface area (Å²) in [5.74, 6) is 0. The van der Waals surface area contributed by atoms with Crippen molar-refractivity contribution < 1.29 is 5.11 Å². The quantitative estimate of drug-likeness (QED) is 0.797. The second-order valence-electron chi connectivity index (χ2n) is 6.89. The van der Waals surface area contributed by atoms with Crippen LogP contribution in [0.4, 0.5) is 0 Å². The molecule has 2 aromatic heterocycles. The average molecular weight is 319 g/mol. The number of aromatic nitrogens is 3. The highest BCUT2D eigenvalue weighted by Crippen LogP contribution is 2.43. The molecule has 122 valence electrons. The molecule has 0 amide bonds. The number of rotatable bonds is 3. The smallest absolute Gasteiger partial charge is 0.139 e. The molecule has 2 heterocycles. The van der Waals surface area contributed by atoms with Crippen LogP contribution in [0.3, 0.4) is 0 Å². The minimum Gasteiger partial charge on any atom is -0.378 e. The Hall–Kier alpha value is -2.59. The number of nitrogens with zero attached hydrogens (tertiary/aromatic N) is 3. The van der Waals surface area contributed by atoms with Crippen molar-refractivity contribution >= 4 is 0 Å². The normalized spacial score (nSPS) is 14.2. The molecule has 4 nitrogen and oxygen atoms in total. The zero-order valence-corrected chi connectivity index (χ0v) is 14.1. The van der Waals surface area contributed by atoms with Gasteiger partial charge in [-0.2, -0.15) is 0 Å². The van der Waals surface area contributed by atoms with E-state index in [1.165, 1.54) is 6.33 Å². The largest absolute Gasteiger partial charge is 0.378 e. The van der Waals surface area contributed by atoms with Gasteiger partial charge in [0, 0.05) is 35.1 Å². The van der Waals surface area contributed by atoms with Gasteiger partial charge in [-0.15, -0.1) is 0 Å². The van der Waals surface area contributed by atoms with Gasteiger partial charge in [0.25, 0.3) is 0 Å². The van der Waals surface area contributed by atoms with E-state index in [4.69, 9.17) is 0 Å². The molecule has 0 aliphatic carbocycles. The van der Waals surface area contributed by atoms with Crippen LogP contribution >= 0.6 is 0 Å². The SMILES string of the molecule is CC(C)(C)C(O)(c1cncnc1)c1ccc(-c2ccccc2)cn1. The lowest BCUT2D eigenvalue weighted by molar-refractivity contribution is -0.0301. The van der Waals surface area contributed by atoms with Crippen LogP contribution in [-0.4, -0.2) is 20.1 Å². The predicted octanol–water partition coefficient (Wildman–Crippen LogP) is 3.82. The Bertz CT molecular complexity index is 796. The number of pyridine rings is 1. The molecule has 0 bridgehead atoms. The molecule has 3 aromatic rings. The molecule has 1 aromatic carbocycles. The zero-order chi connectivity index (χ0) is 17.2. The van der Waals surface area contributed by atoms with Gasteiger partial charge in [0.1, 0.15) is 11.9 Å². The maximum atomic E-state index is 11.5. The van der Waals surface area contributed by atoms with Crippen LogP contribution in [0.2, 0.25) is 0 Å². The van der Waals surface area contributed by atoms with E-state index in [1.54, 1.807) is 18.6 Å². The Balaban J connectivity index is 2.07. The van der Waals surface area contributed by atoms with Crippen molar-refractivity contribution in [2.45, 2.75) is 26.4 Å². The number of benzene rings is 1. The molecular formula is C20H21N3O. The molecule has 1 unspecified atom stereocenters. The molecule has 0 aliphatic heterocycles. The summed E-state index contributed by atoms with van der Waals surface area (Å²) in [6, 6.07) is 13.9. The molecule has 1 N–H and O–H groups in total. The second kappa shape index (κ2) is 6.13. The number of hydrogen-bond donors (Lipinski definition) is 1. The molecule has 0 spiro atoms. The summed E-state index contributed by atoms with van der Waals surface area (Å²) in [6.07, 6.45) is 6.54. The fourth-order valence-corrected chi connectivity index (χ4v) is 2.86. The predicted molar refractivity (Wildman–Crippen MR) is 94.2 cm³/mol. The van der Waals surface area contributed by atoms with Crippen molar-refractivity contribution in [2.75, 3.05) is 0 Å². The van der Waals surface area contributed by atoms with Crippen LogP contribution in [-0.2, 0) is 5.60 Å². The van der Waals surface area contributed by atoms with Crippen molar-refractivity contribution in [1.82, 2.24) is 15.0 Å². The number of aliphatic hydroxyl groups is 1. The molecule has 0 saturated carbocycles. The third-order valence-corrected chi connectivity index (χ3v) is 4.31. The topological polar surface area (TPSA) is 58.9 Å². The minimum absolute atomic E-state index is 0.473. The Kier molecular flexibility index (Phi) is 4.16. The Labute approximate surface area is 142 Å². The molecule has 0 radical (unpaired) electrons. The van der Waals surface area contributed by atoms with Gasteiger partial charge >= 0.3 is 0 Å². The molecule has 0 aliphatic rings. The Morgan fingerprint density at radius 2 is 1.46 bits per heavy atom. The van der Waals surface area contributed by atoms with E-state index in [-0.39, 0.29) is 0 Å². The first kappa shape index (κ1) is 16.3. The summed E-state index contributed by atoms with van der Waals surface area (Å²) >= 11 is 0. The first-order chi connectivity index (χ1) is 11.4. The van der Waals surface area contributed by atoms with E-state index in [2.05, 4.69) is 15.0 Å². The fourth-order valence-electron chi connectivity index (χ4n) is 2.86. The van der Waals surface area contributed by atoms with Gasteiger partial charge in [-0.25, -0.2) is 9.97 Å². The second-order valence-corrected chi connectivity index (χ2v) is 6.89. The summed E-state index contributed by atoms with van der Waals surface area (Å²) in [6.45, 7) is 5.94. The summed E-state index contributed by atoms with van der Waals surface area (Å²) in [7, 11) is 0. The van der Waals surface area contributed by atoms with E-state index in [0.717, 1.165) is 11.1 Å². The molecule has 24 heavy (non-hydrogen) atoms. The summed E-state index contributed by atoms with van der Waals surface area (Å²) < 4.78 is 0. The summed E-state index contributed by atoms with van der Waals surface area (Å²) in [5.41, 5.74) is 1.59. The van der Waals surface area contributed by atoms with Gasteiger partial charge in [-0.1, -0.05) is 57.2 Å². The van der Waals surface area contributed by atoms with Crippen LogP contribution in [0.1, 0.15) is 32.0 Å². The molecule has 0 fully saturated rings. The summed E-state index contributed by atoms with van der Waals surface area (Å²) in [4.78, 5) is 12.7. The number of hydrogen-bond acceptors (Lipinski definition) is 4. The van der Waals surface area contributed by atoms with Gasteiger partial charge < -0.3 is 5.11 Å². The Morgan fingerprint density at radius 1 is 0.792 bits per heavy atom. The zero-order valence-electron chi connectivity index (χ0n) is 14.1. The van der Waals surface area contributed by atoms with Crippen molar-refractivity contribution in [3.05, 3.63) is 78.6 Å². The molecule has 3 rings (SSSR count). The van der Waals surface area contributed by atoms with Crippen LogP contribution in [0.25, 0.3) is 11.1 Å². The minimum atomic E-state index is -1.27. The van der Waals surface area contributed by atoms with E-state index in [0.29, 0.717) is 11.3 Å². The molecule has 1 atom stereocenters. The first-order valence-electron chi connectivity index (χ1n) is 7.93.